The third-order valence-corrected chi connectivity index (χ3v) is 5.13. The van der Waals surface area contributed by atoms with Crippen molar-refractivity contribution in [2.75, 3.05) is 18.7 Å². The van der Waals surface area contributed by atoms with Crippen LogP contribution < -0.4 is 0 Å². The normalized spacial score (nSPS) is 19.8. The fourth-order valence-corrected chi connectivity index (χ4v) is 3.51. The average molecular weight is 332 g/mol. The molecular formula is C15H19Cl2NOS. The molecule has 0 aromatic heterocycles. The lowest BCUT2D eigenvalue weighted by Crippen LogP contribution is -2.41. The second-order valence-corrected chi connectivity index (χ2v) is 6.60. The predicted molar refractivity (Wildman–Crippen MR) is 87.2 cm³/mol. The summed E-state index contributed by atoms with van der Waals surface area (Å²) in [7, 11) is 0. The van der Waals surface area contributed by atoms with Crippen LogP contribution in [0.2, 0.25) is 5.02 Å². The van der Waals surface area contributed by atoms with Gasteiger partial charge < -0.3 is 4.90 Å². The Kier molecular flexibility index (Phi) is 6.06. The van der Waals surface area contributed by atoms with Crippen LogP contribution in [-0.2, 0) is 0 Å². The Morgan fingerprint density at radius 3 is 2.90 bits per heavy atom. The van der Waals surface area contributed by atoms with Crippen LogP contribution in [0.3, 0.4) is 0 Å². The maximum absolute atomic E-state index is 12.8. The summed E-state index contributed by atoms with van der Waals surface area (Å²) < 4.78 is 0. The van der Waals surface area contributed by atoms with Gasteiger partial charge in [0.15, 0.2) is 0 Å². The highest BCUT2D eigenvalue weighted by Gasteiger charge is 2.27. The number of carbonyl (C=O) groups is 1. The maximum Gasteiger partial charge on any atom is 0.255 e. The summed E-state index contributed by atoms with van der Waals surface area (Å²) in [5.74, 6) is 0.504. The zero-order valence-electron chi connectivity index (χ0n) is 11.6. The van der Waals surface area contributed by atoms with Crippen LogP contribution in [0.15, 0.2) is 23.1 Å². The molecule has 1 aromatic carbocycles. The van der Waals surface area contributed by atoms with Crippen LogP contribution >= 0.6 is 35.0 Å². The van der Waals surface area contributed by atoms with Crippen LogP contribution in [-0.4, -0.2) is 35.5 Å². The van der Waals surface area contributed by atoms with E-state index in [-0.39, 0.29) is 11.9 Å². The van der Waals surface area contributed by atoms with Crippen LogP contribution in [0.4, 0.5) is 0 Å². The fourth-order valence-electron chi connectivity index (χ4n) is 2.56. The molecule has 1 atom stereocenters. The van der Waals surface area contributed by atoms with E-state index in [0.717, 1.165) is 37.1 Å². The number of likely N-dealkylation sites (tertiary alicyclic amines) is 1. The lowest BCUT2D eigenvalue weighted by Gasteiger charge is -2.29. The van der Waals surface area contributed by atoms with Crippen molar-refractivity contribution >= 4 is 40.9 Å². The molecule has 0 spiro atoms. The van der Waals surface area contributed by atoms with Crippen LogP contribution in [0.25, 0.3) is 0 Å². The van der Waals surface area contributed by atoms with Gasteiger partial charge in [0.2, 0.25) is 0 Å². The number of alkyl halides is 1. The zero-order chi connectivity index (χ0) is 14.5. The molecule has 0 saturated carbocycles. The van der Waals surface area contributed by atoms with Gasteiger partial charge in [0.25, 0.3) is 5.91 Å². The van der Waals surface area contributed by atoms with Crippen molar-refractivity contribution in [3.05, 3.63) is 28.8 Å². The van der Waals surface area contributed by atoms with Gasteiger partial charge in [-0.25, -0.2) is 0 Å². The van der Waals surface area contributed by atoms with Gasteiger partial charge in [-0.1, -0.05) is 24.4 Å². The van der Waals surface area contributed by atoms with E-state index in [1.54, 1.807) is 17.8 Å². The Morgan fingerprint density at radius 2 is 2.20 bits per heavy atom. The number of thioether (sulfide) groups is 1. The molecule has 20 heavy (non-hydrogen) atoms. The zero-order valence-corrected chi connectivity index (χ0v) is 13.9. The van der Waals surface area contributed by atoms with Gasteiger partial charge in [-0.05, 0) is 37.3 Å². The molecule has 1 unspecified atom stereocenters. The first-order valence-electron chi connectivity index (χ1n) is 6.88. The number of rotatable bonds is 3. The molecule has 0 radical (unpaired) electrons. The molecule has 1 saturated heterocycles. The van der Waals surface area contributed by atoms with Crippen molar-refractivity contribution in [1.29, 1.82) is 0 Å². The minimum atomic E-state index is 0.0125. The van der Waals surface area contributed by atoms with Crippen LogP contribution in [0.1, 0.15) is 36.0 Å². The van der Waals surface area contributed by atoms with E-state index in [1.165, 1.54) is 0 Å². The molecule has 110 valence electrons. The summed E-state index contributed by atoms with van der Waals surface area (Å²) >= 11 is 13.9. The Balaban J connectivity index is 2.28. The molecule has 0 bridgehead atoms. The van der Waals surface area contributed by atoms with E-state index in [9.17, 15) is 4.79 Å². The summed E-state index contributed by atoms with van der Waals surface area (Å²) in [6.45, 7) is 0.774. The largest absolute Gasteiger partial charge is 0.334 e. The van der Waals surface area contributed by atoms with Crippen molar-refractivity contribution < 1.29 is 4.79 Å². The molecular weight excluding hydrogens is 313 g/mol. The van der Waals surface area contributed by atoms with Crippen LogP contribution in [0, 0.1) is 0 Å². The Hall–Kier alpha value is -0.380. The smallest absolute Gasteiger partial charge is 0.255 e. The molecule has 1 aliphatic heterocycles. The standard InChI is InChI=1S/C15H19Cl2NOS/c1-20-12-6-7-14(17)13(9-12)15(19)18-8-4-2-3-5-11(18)10-16/h6-7,9,11H,2-5,8,10H2,1H3. The minimum Gasteiger partial charge on any atom is -0.334 e. The van der Waals surface area contributed by atoms with Crippen molar-refractivity contribution in [3.63, 3.8) is 0 Å². The molecule has 0 aliphatic carbocycles. The van der Waals surface area contributed by atoms with Gasteiger partial charge in [0, 0.05) is 23.4 Å². The first-order chi connectivity index (χ1) is 9.67. The first-order valence-corrected chi connectivity index (χ1v) is 9.01. The lowest BCUT2D eigenvalue weighted by atomic mass is 10.1. The second-order valence-electron chi connectivity index (χ2n) is 5.00. The number of halogens is 2. The topological polar surface area (TPSA) is 20.3 Å². The maximum atomic E-state index is 12.8. The van der Waals surface area contributed by atoms with Crippen molar-refractivity contribution in [2.24, 2.45) is 0 Å². The number of benzene rings is 1. The van der Waals surface area contributed by atoms with E-state index in [1.807, 2.05) is 23.3 Å². The van der Waals surface area contributed by atoms with Gasteiger partial charge in [-0.2, -0.15) is 0 Å². The van der Waals surface area contributed by atoms with E-state index in [2.05, 4.69) is 0 Å². The number of hydrogen-bond donors (Lipinski definition) is 0. The van der Waals surface area contributed by atoms with Gasteiger partial charge in [-0.3, -0.25) is 4.79 Å². The highest BCUT2D eigenvalue weighted by molar-refractivity contribution is 7.98. The molecule has 1 aliphatic rings. The molecule has 1 amide bonds. The molecule has 1 fully saturated rings. The third kappa shape index (κ3) is 3.63. The Morgan fingerprint density at radius 1 is 1.40 bits per heavy atom. The summed E-state index contributed by atoms with van der Waals surface area (Å²) in [6, 6.07) is 5.74. The molecule has 1 heterocycles. The van der Waals surface area contributed by atoms with Crippen molar-refractivity contribution in [2.45, 2.75) is 36.6 Å². The molecule has 2 rings (SSSR count). The highest BCUT2D eigenvalue weighted by Crippen LogP contribution is 2.27. The van der Waals surface area contributed by atoms with E-state index in [4.69, 9.17) is 23.2 Å². The van der Waals surface area contributed by atoms with E-state index < -0.39 is 0 Å². The van der Waals surface area contributed by atoms with Gasteiger partial charge in [0.05, 0.1) is 10.6 Å². The molecule has 5 heteroatoms. The van der Waals surface area contributed by atoms with Gasteiger partial charge in [0.1, 0.15) is 0 Å². The summed E-state index contributed by atoms with van der Waals surface area (Å²) in [4.78, 5) is 15.7. The van der Waals surface area contributed by atoms with Gasteiger partial charge in [-0.15, -0.1) is 23.4 Å². The molecule has 2 nitrogen and oxygen atoms in total. The monoisotopic (exact) mass is 331 g/mol. The molecule has 1 aromatic rings. The number of carbonyl (C=O) groups excluding carboxylic acids is 1. The number of amides is 1. The van der Waals surface area contributed by atoms with Crippen molar-refractivity contribution in [3.8, 4) is 0 Å². The number of nitrogens with zero attached hydrogens (tertiary/aromatic N) is 1. The minimum absolute atomic E-state index is 0.0125. The van der Waals surface area contributed by atoms with E-state index >= 15 is 0 Å². The Bertz CT molecular complexity index is 481. The predicted octanol–water partition coefficient (Wildman–Crippen LogP) is 4.69. The lowest BCUT2D eigenvalue weighted by molar-refractivity contribution is 0.0700. The summed E-state index contributed by atoms with van der Waals surface area (Å²) in [5.41, 5.74) is 0.593. The highest BCUT2D eigenvalue weighted by atomic mass is 35.5. The quantitative estimate of drug-likeness (QED) is 0.591. The summed E-state index contributed by atoms with van der Waals surface area (Å²) in [5, 5.41) is 0.519. The Labute approximate surface area is 134 Å². The fraction of sp³-hybridized carbons (Fsp3) is 0.533. The van der Waals surface area contributed by atoms with Crippen molar-refractivity contribution in [1.82, 2.24) is 4.90 Å². The second kappa shape index (κ2) is 7.58. The van der Waals surface area contributed by atoms with Gasteiger partial charge >= 0.3 is 0 Å². The van der Waals surface area contributed by atoms with Crippen LogP contribution in [0.5, 0.6) is 0 Å². The third-order valence-electron chi connectivity index (χ3n) is 3.72. The first kappa shape index (κ1) is 16.0. The average Bonchev–Trinajstić information content (AvgIpc) is 2.72. The summed E-state index contributed by atoms with van der Waals surface area (Å²) in [6.07, 6.45) is 6.31. The molecule has 0 N–H and O–H groups in total. The number of hydrogen-bond acceptors (Lipinski definition) is 2. The van der Waals surface area contributed by atoms with E-state index in [0.29, 0.717) is 16.5 Å². The SMILES string of the molecule is CSc1ccc(Cl)c(C(=O)N2CCCCCC2CCl)c1.